The van der Waals surface area contributed by atoms with Crippen LogP contribution in [0.5, 0.6) is 0 Å². The molecule has 0 aliphatic carbocycles. The van der Waals surface area contributed by atoms with Crippen LogP contribution in [0.4, 0.5) is 5.82 Å². The van der Waals surface area contributed by atoms with Crippen LogP contribution in [0.1, 0.15) is 12.1 Å². The van der Waals surface area contributed by atoms with Crippen molar-refractivity contribution in [3.8, 4) is 18.4 Å². The van der Waals surface area contributed by atoms with Crippen LogP contribution in [-0.4, -0.2) is 16.5 Å². The number of hydrogen-bond donors (Lipinski definition) is 1. The number of nitriles is 1. The molecule has 0 bridgehead atoms. The Morgan fingerprint density at radius 1 is 1.54 bits per heavy atom. The average Bonchev–Trinajstić information content (AvgIpc) is 2.19. The molecule has 1 rings (SSSR count). The number of hydrogen-bond acceptors (Lipinski definition) is 4. The van der Waals surface area contributed by atoms with Crippen molar-refractivity contribution >= 4 is 5.82 Å². The Hall–Kier alpha value is -2.07. The molecule has 0 radical (unpaired) electrons. The second kappa shape index (κ2) is 4.74. The number of nitrogens with zero attached hydrogens (tertiary/aromatic N) is 3. The van der Waals surface area contributed by atoms with Gasteiger partial charge in [-0.2, -0.15) is 5.26 Å². The highest BCUT2D eigenvalue weighted by atomic mass is 15.0. The summed E-state index contributed by atoms with van der Waals surface area (Å²) in [5.74, 6) is 3.12. The van der Waals surface area contributed by atoms with E-state index in [1.165, 1.54) is 6.33 Å². The molecule has 13 heavy (non-hydrogen) atoms. The minimum atomic E-state index is 0.346. The molecule has 4 nitrogen and oxygen atoms in total. The highest BCUT2D eigenvalue weighted by Crippen LogP contribution is 2.01. The van der Waals surface area contributed by atoms with Crippen molar-refractivity contribution < 1.29 is 0 Å². The lowest BCUT2D eigenvalue weighted by Gasteiger charge is -2.01. The topological polar surface area (TPSA) is 61.6 Å². The molecule has 0 amide bonds. The molecule has 1 aromatic rings. The molecule has 0 aromatic carbocycles. The third-order valence-corrected chi connectivity index (χ3v) is 1.36. The van der Waals surface area contributed by atoms with Gasteiger partial charge in [0, 0.05) is 19.0 Å². The van der Waals surface area contributed by atoms with Gasteiger partial charge in [-0.25, -0.2) is 9.97 Å². The lowest BCUT2D eigenvalue weighted by Crippen LogP contribution is -2.02. The summed E-state index contributed by atoms with van der Waals surface area (Å²) < 4.78 is 0. The highest BCUT2D eigenvalue weighted by Gasteiger charge is 1.95. The summed E-state index contributed by atoms with van der Waals surface area (Å²) in [6.45, 7) is 0.651. The maximum atomic E-state index is 8.53. The van der Waals surface area contributed by atoms with E-state index in [9.17, 15) is 0 Å². The summed E-state index contributed by atoms with van der Waals surface area (Å²) in [4.78, 5) is 7.65. The summed E-state index contributed by atoms with van der Waals surface area (Å²) in [5.41, 5.74) is 0.346. The Morgan fingerprint density at radius 2 is 2.38 bits per heavy atom. The first-order chi connectivity index (χ1) is 6.36. The molecule has 4 heteroatoms. The van der Waals surface area contributed by atoms with Crippen molar-refractivity contribution in [1.29, 1.82) is 5.26 Å². The quantitative estimate of drug-likeness (QED) is 0.540. The third-order valence-electron chi connectivity index (χ3n) is 1.36. The van der Waals surface area contributed by atoms with Gasteiger partial charge >= 0.3 is 0 Å². The van der Waals surface area contributed by atoms with E-state index in [2.05, 4.69) is 21.2 Å². The molecule has 1 heterocycles. The minimum absolute atomic E-state index is 0.346. The van der Waals surface area contributed by atoms with Gasteiger partial charge in [0.25, 0.3) is 0 Å². The fourth-order valence-corrected chi connectivity index (χ4v) is 0.778. The van der Waals surface area contributed by atoms with Gasteiger partial charge in [-0.1, -0.05) is 0 Å². The Morgan fingerprint density at radius 3 is 3.08 bits per heavy atom. The molecular weight excluding hydrogens is 164 g/mol. The van der Waals surface area contributed by atoms with Crippen LogP contribution in [0.2, 0.25) is 0 Å². The predicted octanol–water partition coefficient (Wildman–Crippen LogP) is 0.783. The lowest BCUT2D eigenvalue weighted by atomic mass is 10.4. The zero-order chi connectivity index (χ0) is 9.52. The van der Waals surface area contributed by atoms with E-state index in [1.807, 2.05) is 6.07 Å². The van der Waals surface area contributed by atoms with Crippen molar-refractivity contribution in [2.24, 2.45) is 0 Å². The van der Waals surface area contributed by atoms with E-state index in [0.717, 1.165) is 0 Å². The van der Waals surface area contributed by atoms with Crippen molar-refractivity contribution in [1.82, 2.24) is 9.97 Å². The second-order valence-corrected chi connectivity index (χ2v) is 2.28. The fourth-order valence-electron chi connectivity index (χ4n) is 0.778. The van der Waals surface area contributed by atoms with E-state index >= 15 is 0 Å². The smallest absolute Gasteiger partial charge is 0.145 e. The van der Waals surface area contributed by atoms with Gasteiger partial charge in [0.1, 0.15) is 23.9 Å². The molecule has 1 aromatic heterocycles. The second-order valence-electron chi connectivity index (χ2n) is 2.28. The molecule has 0 saturated carbocycles. The third kappa shape index (κ3) is 2.80. The Labute approximate surface area is 76.6 Å². The monoisotopic (exact) mass is 172 g/mol. The predicted molar refractivity (Wildman–Crippen MR) is 48.7 cm³/mol. The molecule has 0 fully saturated rings. The first-order valence-electron chi connectivity index (χ1n) is 3.76. The van der Waals surface area contributed by atoms with Crippen molar-refractivity contribution in [3.63, 3.8) is 0 Å². The molecule has 1 N–H and O–H groups in total. The van der Waals surface area contributed by atoms with Crippen molar-refractivity contribution in [2.45, 2.75) is 6.42 Å². The van der Waals surface area contributed by atoms with Gasteiger partial charge in [-0.05, 0) is 0 Å². The van der Waals surface area contributed by atoms with Crippen LogP contribution < -0.4 is 5.32 Å². The molecule has 0 unspecified atom stereocenters. The van der Waals surface area contributed by atoms with Crippen LogP contribution >= 0.6 is 0 Å². The summed E-state index contributed by atoms with van der Waals surface area (Å²) in [6.07, 6.45) is 7.05. The maximum absolute atomic E-state index is 8.53. The van der Waals surface area contributed by atoms with Gasteiger partial charge in [0.15, 0.2) is 0 Å². The highest BCUT2D eigenvalue weighted by molar-refractivity contribution is 5.38. The standard InChI is InChI=1S/C9H8N4/c1-2-3-4-11-9-5-8(6-10)12-7-13-9/h1,5,7H,3-4H2,(H,11,12,13). The van der Waals surface area contributed by atoms with Crippen LogP contribution in [-0.2, 0) is 0 Å². The first-order valence-corrected chi connectivity index (χ1v) is 3.76. The zero-order valence-electron chi connectivity index (χ0n) is 6.99. The number of anilines is 1. The number of terminal acetylenes is 1. The van der Waals surface area contributed by atoms with E-state index in [0.29, 0.717) is 24.5 Å². The summed E-state index contributed by atoms with van der Waals surface area (Å²) in [5, 5.41) is 11.5. The van der Waals surface area contributed by atoms with E-state index in [-0.39, 0.29) is 0 Å². The van der Waals surface area contributed by atoms with Gasteiger partial charge in [-0.3, -0.25) is 0 Å². The number of aromatic nitrogens is 2. The average molecular weight is 172 g/mol. The first kappa shape index (κ1) is 9.02. The van der Waals surface area contributed by atoms with Crippen molar-refractivity contribution in [3.05, 3.63) is 18.1 Å². The molecule has 0 spiro atoms. The van der Waals surface area contributed by atoms with Gasteiger partial charge in [0.05, 0.1) is 0 Å². The van der Waals surface area contributed by atoms with E-state index in [1.54, 1.807) is 6.07 Å². The van der Waals surface area contributed by atoms with Gasteiger partial charge < -0.3 is 5.32 Å². The zero-order valence-corrected chi connectivity index (χ0v) is 6.99. The van der Waals surface area contributed by atoms with Crippen molar-refractivity contribution in [2.75, 3.05) is 11.9 Å². The van der Waals surface area contributed by atoms with Crippen LogP contribution in [0.3, 0.4) is 0 Å². The molecule has 64 valence electrons. The molecule has 0 aliphatic rings. The molecule has 0 atom stereocenters. The summed E-state index contributed by atoms with van der Waals surface area (Å²) >= 11 is 0. The molecular formula is C9H8N4. The van der Waals surface area contributed by atoms with Crippen LogP contribution in [0, 0.1) is 23.7 Å². The maximum Gasteiger partial charge on any atom is 0.145 e. The Bertz CT molecular complexity index is 359. The minimum Gasteiger partial charge on any atom is -0.369 e. The normalized spacial score (nSPS) is 8.46. The summed E-state index contributed by atoms with van der Waals surface area (Å²) in [7, 11) is 0. The summed E-state index contributed by atoms with van der Waals surface area (Å²) in [6, 6.07) is 3.51. The Balaban J connectivity index is 2.59. The fraction of sp³-hybridized carbons (Fsp3) is 0.222. The Kier molecular flexibility index (Phi) is 3.29. The van der Waals surface area contributed by atoms with E-state index < -0.39 is 0 Å². The number of nitrogens with one attached hydrogen (secondary N) is 1. The number of rotatable bonds is 3. The molecule has 0 aliphatic heterocycles. The van der Waals surface area contributed by atoms with Gasteiger partial charge in [0.2, 0.25) is 0 Å². The van der Waals surface area contributed by atoms with Gasteiger partial charge in [-0.15, -0.1) is 12.3 Å². The lowest BCUT2D eigenvalue weighted by molar-refractivity contribution is 1.05. The van der Waals surface area contributed by atoms with Crippen LogP contribution in [0.25, 0.3) is 0 Å². The SMILES string of the molecule is C#CCCNc1cc(C#N)ncn1. The van der Waals surface area contributed by atoms with Crippen LogP contribution in [0.15, 0.2) is 12.4 Å². The van der Waals surface area contributed by atoms with E-state index in [4.69, 9.17) is 11.7 Å². The molecule has 0 saturated heterocycles. The largest absolute Gasteiger partial charge is 0.369 e.